The maximum Gasteiger partial charge on any atom is 0.311 e. The molecule has 0 radical (unpaired) electrons. The van der Waals surface area contributed by atoms with E-state index in [-0.39, 0.29) is 30.5 Å². The number of nitro groups is 1. The summed E-state index contributed by atoms with van der Waals surface area (Å²) < 4.78 is 5.20. The van der Waals surface area contributed by atoms with Gasteiger partial charge in [0, 0.05) is 19.2 Å². The van der Waals surface area contributed by atoms with E-state index in [0.717, 1.165) is 0 Å². The molecule has 0 aliphatic carbocycles. The number of nitrogens with two attached hydrogens (primary N) is 1. The van der Waals surface area contributed by atoms with E-state index in [1.54, 1.807) is 6.07 Å². The predicted octanol–water partition coefficient (Wildman–Crippen LogP) is 1.20. The molecular formula is C13H19N3O4. The van der Waals surface area contributed by atoms with Crippen LogP contribution in [0.15, 0.2) is 18.2 Å². The van der Waals surface area contributed by atoms with Gasteiger partial charge in [-0.3, -0.25) is 14.9 Å². The number of hydrogen-bond acceptors (Lipinski definition) is 5. The fourth-order valence-electron chi connectivity index (χ4n) is 1.47. The van der Waals surface area contributed by atoms with Gasteiger partial charge in [0.05, 0.1) is 4.92 Å². The molecule has 7 heteroatoms. The van der Waals surface area contributed by atoms with Gasteiger partial charge in [-0.05, 0) is 17.5 Å². The molecule has 0 aliphatic heterocycles. The van der Waals surface area contributed by atoms with Crippen molar-refractivity contribution in [1.82, 2.24) is 5.32 Å². The molecule has 0 saturated heterocycles. The molecule has 0 bridgehead atoms. The van der Waals surface area contributed by atoms with Gasteiger partial charge in [-0.2, -0.15) is 0 Å². The van der Waals surface area contributed by atoms with Crippen LogP contribution >= 0.6 is 0 Å². The fraction of sp³-hybridized carbons (Fsp3) is 0.462. The van der Waals surface area contributed by atoms with E-state index in [1.807, 2.05) is 13.8 Å². The molecule has 0 saturated carbocycles. The molecule has 0 unspecified atom stereocenters. The number of benzene rings is 1. The zero-order valence-corrected chi connectivity index (χ0v) is 11.6. The number of amides is 1. The van der Waals surface area contributed by atoms with Gasteiger partial charge in [0.25, 0.3) is 5.91 Å². The minimum absolute atomic E-state index is 0.0619. The number of carbonyl (C=O) groups excluding carboxylic acids is 1. The van der Waals surface area contributed by atoms with Crippen LogP contribution in [0.1, 0.15) is 19.4 Å². The fourth-order valence-corrected chi connectivity index (χ4v) is 1.47. The molecular weight excluding hydrogens is 262 g/mol. The SMILES string of the molecule is CC(C)CNC(=O)COc1ccc(CN)cc1[N+](=O)[O-]. The monoisotopic (exact) mass is 281 g/mol. The van der Waals surface area contributed by atoms with E-state index in [0.29, 0.717) is 18.0 Å². The van der Waals surface area contributed by atoms with Crippen molar-refractivity contribution in [3.63, 3.8) is 0 Å². The lowest BCUT2D eigenvalue weighted by Crippen LogP contribution is -2.31. The highest BCUT2D eigenvalue weighted by Crippen LogP contribution is 2.27. The van der Waals surface area contributed by atoms with Crippen LogP contribution in [-0.4, -0.2) is 24.0 Å². The maximum absolute atomic E-state index is 11.5. The van der Waals surface area contributed by atoms with Gasteiger partial charge in [-0.1, -0.05) is 19.9 Å². The van der Waals surface area contributed by atoms with Crippen molar-refractivity contribution in [2.75, 3.05) is 13.2 Å². The van der Waals surface area contributed by atoms with Crippen molar-refractivity contribution in [1.29, 1.82) is 0 Å². The second kappa shape index (κ2) is 7.44. The third kappa shape index (κ3) is 4.85. The maximum atomic E-state index is 11.5. The number of nitro benzene ring substituents is 1. The van der Waals surface area contributed by atoms with Crippen LogP contribution in [0.5, 0.6) is 5.75 Å². The van der Waals surface area contributed by atoms with Crippen LogP contribution in [0.4, 0.5) is 5.69 Å². The molecule has 1 amide bonds. The first-order valence-electron chi connectivity index (χ1n) is 6.31. The summed E-state index contributed by atoms with van der Waals surface area (Å²) in [7, 11) is 0. The van der Waals surface area contributed by atoms with E-state index in [4.69, 9.17) is 10.5 Å². The number of rotatable bonds is 7. The van der Waals surface area contributed by atoms with Gasteiger partial charge in [0.2, 0.25) is 0 Å². The zero-order valence-electron chi connectivity index (χ0n) is 11.6. The Morgan fingerprint density at radius 2 is 2.20 bits per heavy atom. The Balaban J connectivity index is 2.67. The summed E-state index contributed by atoms with van der Waals surface area (Å²) in [5.41, 5.74) is 5.87. The lowest BCUT2D eigenvalue weighted by molar-refractivity contribution is -0.385. The highest BCUT2D eigenvalue weighted by molar-refractivity contribution is 5.77. The van der Waals surface area contributed by atoms with Gasteiger partial charge in [0.1, 0.15) is 0 Å². The van der Waals surface area contributed by atoms with Crippen LogP contribution in [0.3, 0.4) is 0 Å². The molecule has 0 fully saturated rings. The Labute approximate surface area is 117 Å². The molecule has 0 aliphatic rings. The van der Waals surface area contributed by atoms with Crippen molar-refractivity contribution in [2.24, 2.45) is 11.7 Å². The summed E-state index contributed by atoms with van der Waals surface area (Å²) in [6, 6.07) is 4.44. The Kier molecular flexibility index (Phi) is 5.92. The topological polar surface area (TPSA) is 107 Å². The first kappa shape index (κ1) is 15.9. The first-order valence-corrected chi connectivity index (χ1v) is 6.31. The molecule has 0 heterocycles. The van der Waals surface area contributed by atoms with Crippen LogP contribution in [0.25, 0.3) is 0 Å². The summed E-state index contributed by atoms with van der Waals surface area (Å²) in [5, 5.41) is 13.6. The Hall–Kier alpha value is -2.15. The number of ether oxygens (including phenoxy) is 1. The van der Waals surface area contributed by atoms with Crippen LogP contribution in [0, 0.1) is 16.0 Å². The highest BCUT2D eigenvalue weighted by atomic mass is 16.6. The lowest BCUT2D eigenvalue weighted by Gasteiger charge is -2.09. The second-order valence-corrected chi connectivity index (χ2v) is 4.75. The minimum atomic E-state index is -0.555. The summed E-state index contributed by atoms with van der Waals surface area (Å²) in [4.78, 5) is 21.9. The Morgan fingerprint density at radius 3 is 2.75 bits per heavy atom. The average Bonchev–Trinajstić information content (AvgIpc) is 2.42. The Morgan fingerprint density at radius 1 is 1.50 bits per heavy atom. The predicted molar refractivity (Wildman–Crippen MR) is 74.3 cm³/mol. The normalized spacial score (nSPS) is 10.4. The summed E-state index contributed by atoms with van der Waals surface area (Å²) in [6.07, 6.45) is 0. The standard InChI is InChI=1S/C13H19N3O4/c1-9(2)7-15-13(17)8-20-12-4-3-10(6-14)5-11(12)16(18)19/h3-5,9H,6-8,14H2,1-2H3,(H,15,17). The molecule has 7 nitrogen and oxygen atoms in total. The van der Waals surface area contributed by atoms with Crippen molar-refractivity contribution in [3.05, 3.63) is 33.9 Å². The van der Waals surface area contributed by atoms with E-state index < -0.39 is 4.92 Å². The molecule has 1 rings (SSSR count). The smallest absolute Gasteiger partial charge is 0.311 e. The van der Waals surface area contributed by atoms with Crippen molar-refractivity contribution in [2.45, 2.75) is 20.4 Å². The number of nitrogens with zero attached hydrogens (tertiary/aromatic N) is 1. The van der Waals surface area contributed by atoms with Crippen molar-refractivity contribution >= 4 is 11.6 Å². The van der Waals surface area contributed by atoms with Crippen LogP contribution in [0.2, 0.25) is 0 Å². The minimum Gasteiger partial charge on any atom is -0.477 e. The van der Waals surface area contributed by atoms with Gasteiger partial charge >= 0.3 is 5.69 Å². The van der Waals surface area contributed by atoms with Gasteiger partial charge < -0.3 is 15.8 Å². The van der Waals surface area contributed by atoms with Gasteiger partial charge in [-0.15, -0.1) is 0 Å². The summed E-state index contributed by atoms with van der Waals surface area (Å²) in [6.45, 7) is 4.43. The molecule has 0 atom stereocenters. The molecule has 3 N–H and O–H groups in total. The third-order valence-electron chi connectivity index (χ3n) is 2.52. The first-order chi connectivity index (χ1) is 9.43. The number of carbonyl (C=O) groups is 1. The molecule has 0 aromatic heterocycles. The van der Waals surface area contributed by atoms with Crippen LogP contribution < -0.4 is 15.8 Å². The summed E-state index contributed by atoms with van der Waals surface area (Å²) >= 11 is 0. The highest BCUT2D eigenvalue weighted by Gasteiger charge is 2.16. The Bertz CT molecular complexity index is 489. The van der Waals surface area contributed by atoms with Crippen molar-refractivity contribution < 1.29 is 14.5 Å². The molecule has 110 valence electrons. The van der Waals surface area contributed by atoms with E-state index in [1.165, 1.54) is 12.1 Å². The number of nitrogens with one attached hydrogen (secondary N) is 1. The molecule has 1 aromatic carbocycles. The molecule has 0 spiro atoms. The lowest BCUT2D eigenvalue weighted by atomic mass is 10.2. The van der Waals surface area contributed by atoms with Crippen molar-refractivity contribution in [3.8, 4) is 5.75 Å². The van der Waals surface area contributed by atoms with E-state index >= 15 is 0 Å². The largest absolute Gasteiger partial charge is 0.477 e. The van der Waals surface area contributed by atoms with E-state index in [2.05, 4.69) is 5.32 Å². The quantitative estimate of drug-likeness (QED) is 0.577. The second-order valence-electron chi connectivity index (χ2n) is 4.75. The average molecular weight is 281 g/mol. The van der Waals surface area contributed by atoms with Gasteiger partial charge in [0.15, 0.2) is 12.4 Å². The van der Waals surface area contributed by atoms with Gasteiger partial charge in [-0.25, -0.2) is 0 Å². The molecule has 1 aromatic rings. The third-order valence-corrected chi connectivity index (χ3v) is 2.52. The molecule has 20 heavy (non-hydrogen) atoms. The van der Waals surface area contributed by atoms with E-state index in [9.17, 15) is 14.9 Å². The van der Waals surface area contributed by atoms with Crippen LogP contribution in [-0.2, 0) is 11.3 Å². The number of hydrogen-bond donors (Lipinski definition) is 2. The zero-order chi connectivity index (χ0) is 15.1. The summed E-state index contributed by atoms with van der Waals surface area (Å²) in [5.74, 6) is 0.0833.